The molecule has 0 aliphatic carbocycles. The normalized spacial score (nSPS) is 7.75. The molecule has 0 rings (SSSR count). The Kier molecular flexibility index (Phi) is 11.6. The molecule has 0 radical (unpaired) electrons. The number of hydrogen-bond acceptors (Lipinski definition) is 1. The Bertz CT molecular complexity index is 77.4. The summed E-state index contributed by atoms with van der Waals surface area (Å²) < 4.78 is 0. The minimum atomic E-state index is -1.29. The van der Waals surface area contributed by atoms with Crippen LogP contribution in [0, 0.1) is 12.3 Å². The third-order valence-corrected chi connectivity index (χ3v) is 0.301. The van der Waals surface area contributed by atoms with E-state index in [0.717, 1.165) is 0 Å². The van der Waals surface area contributed by atoms with Crippen LogP contribution < -0.4 is 42.8 Å². The zero-order chi connectivity index (χ0) is 5.21. The van der Waals surface area contributed by atoms with Gasteiger partial charge in [-0.2, -0.15) is 0 Å². The van der Waals surface area contributed by atoms with Gasteiger partial charge >= 0.3 is 37.7 Å². The molecular formula is C5H6Li2O. The maximum Gasteiger partial charge on any atom is 1.00 e. The van der Waals surface area contributed by atoms with Gasteiger partial charge in [-0.05, 0) is 0 Å². The summed E-state index contributed by atoms with van der Waals surface area (Å²) in [6.07, 6.45) is 6.29. The first-order chi connectivity index (χ1) is 2.56. The van der Waals surface area contributed by atoms with Gasteiger partial charge in [-0.3, -0.25) is 0 Å². The van der Waals surface area contributed by atoms with E-state index in [1.54, 1.807) is 5.92 Å². The molecule has 0 aliphatic rings. The molecule has 0 aromatic carbocycles. The predicted octanol–water partition coefficient (Wildman–Crippen LogP) is -6.28. The SMILES string of the molecule is [C-]#CC(C)(C)[O-].[Li+].[Li+]. The van der Waals surface area contributed by atoms with Crippen molar-refractivity contribution in [3.63, 3.8) is 0 Å². The molecule has 0 bridgehead atoms. The summed E-state index contributed by atoms with van der Waals surface area (Å²) in [5, 5.41) is 10.2. The van der Waals surface area contributed by atoms with Gasteiger partial charge in [-0.1, -0.05) is 19.4 Å². The smallest absolute Gasteiger partial charge is 0.843 e. The minimum absolute atomic E-state index is 0. The van der Waals surface area contributed by atoms with Gasteiger partial charge < -0.3 is 17.5 Å². The number of rotatable bonds is 0. The van der Waals surface area contributed by atoms with Crippen molar-refractivity contribution < 1.29 is 42.8 Å². The molecule has 0 atom stereocenters. The summed E-state index contributed by atoms with van der Waals surface area (Å²) in [7, 11) is 0. The fraction of sp³-hybridized carbons (Fsp3) is 0.600. The van der Waals surface area contributed by atoms with E-state index in [0.29, 0.717) is 0 Å². The van der Waals surface area contributed by atoms with E-state index in [2.05, 4.69) is 0 Å². The van der Waals surface area contributed by atoms with Crippen LogP contribution in [0.25, 0.3) is 0 Å². The predicted molar refractivity (Wildman–Crippen MR) is 21.2 cm³/mol. The average Bonchev–Trinajstić information content (AvgIpc) is 1.35. The summed E-state index contributed by atoms with van der Waals surface area (Å²) in [5.41, 5.74) is -1.29. The summed E-state index contributed by atoms with van der Waals surface area (Å²) in [6.45, 7) is 2.78. The van der Waals surface area contributed by atoms with Gasteiger partial charge in [-0.15, -0.1) is 0 Å². The van der Waals surface area contributed by atoms with E-state index >= 15 is 0 Å². The quantitative estimate of drug-likeness (QED) is 0.167. The number of hydrogen-bond donors (Lipinski definition) is 0. The van der Waals surface area contributed by atoms with Gasteiger partial charge in [0, 0.05) is 0 Å². The van der Waals surface area contributed by atoms with Crippen molar-refractivity contribution >= 4 is 0 Å². The van der Waals surface area contributed by atoms with E-state index < -0.39 is 5.60 Å². The zero-order valence-corrected chi connectivity index (χ0v) is 5.91. The zero-order valence-electron chi connectivity index (χ0n) is 5.91. The first-order valence-corrected chi connectivity index (χ1v) is 1.70. The Morgan fingerprint density at radius 1 is 1.38 bits per heavy atom. The van der Waals surface area contributed by atoms with Crippen LogP contribution in [0.3, 0.4) is 0 Å². The van der Waals surface area contributed by atoms with E-state index in [1.165, 1.54) is 13.8 Å². The van der Waals surface area contributed by atoms with E-state index in [-0.39, 0.29) is 37.7 Å². The van der Waals surface area contributed by atoms with E-state index in [4.69, 9.17) is 6.42 Å². The molecule has 0 spiro atoms. The van der Waals surface area contributed by atoms with Crippen molar-refractivity contribution in [3.05, 3.63) is 6.42 Å². The van der Waals surface area contributed by atoms with Crippen LogP contribution in [0.15, 0.2) is 0 Å². The first-order valence-electron chi connectivity index (χ1n) is 1.70. The molecule has 34 valence electrons. The Labute approximate surface area is 74.6 Å². The van der Waals surface area contributed by atoms with Crippen molar-refractivity contribution in [2.45, 2.75) is 19.4 Å². The summed E-state index contributed by atoms with van der Waals surface area (Å²) in [6, 6.07) is 0. The molecule has 0 heterocycles. The van der Waals surface area contributed by atoms with Crippen LogP contribution in [0.5, 0.6) is 0 Å². The standard InChI is InChI=1S/C5H6O.2Li/c1-4-5(2,3)6;;/h2-3H3;;/q-2;2*+1. The molecule has 1 nitrogen and oxygen atoms in total. The monoisotopic (exact) mass is 96.1 g/mol. The maximum absolute atomic E-state index is 10.2. The molecule has 0 N–H and O–H groups in total. The van der Waals surface area contributed by atoms with Crippen molar-refractivity contribution in [2.75, 3.05) is 0 Å². The molecule has 8 heavy (non-hydrogen) atoms. The van der Waals surface area contributed by atoms with E-state index in [1.807, 2.05) is 0 Å². The van der Waals surface area contributed by atoms with Crippen molar-refractivity contribution in [3.8, 4) is 5.92 Å². The van der Waals surface area contributed by atoms with Crippen molar-refractivity contribution in [2.24, 2.45) is 0 Å². The van der Waals surface area contributed by atoms with Crippen LogP contribution in [-0.2, 0) is 0 Å². The molecule has 0 aromatic heterocycles. The molecule has 0 aliphatic heterocycles. The van der Waals surface area contributed by atoms with Gasteiger partial charge in [0.05, 0.1) is 0 Å². The Hall–Kier alpha value is 0.715. The molecule has 0 unspecified atom stereocenters. The van der Waals surface area contributed by atoms with Gasteiger partial charge in [0.25, 0.3) is 0 Å². The minimum Gasteiger partial charge on any atom is -0.843 e. The van der Waals surface area contributed by atoms with Crippen molar-refractivity contribution in [1.82, 2.24) is 0 Å². The topological polar surface area (TPSA) is 23.1 Å². The van der Waals surface area contributed by atoms with Crippen LogP contribution in [-0.4, -0.2) is 5.60 Å². The molecule has 0 amide bonds. The Balaban J connectivity index is -0.000000125. The molecular weight excluding hydrogens is 89.9 g/mol. The fourth-order valence-corrected chi connectivity index (χ4v) is 0. The first kappa shape index (κ1) is 15.9. The van der Waals surface area contributed by atoms with Crippen molar-refractivity contribution in [1.29, 1.82) is 0 Å². The average molecular weight is 96.0 g/mol. The van der Waals surface area contributed by atoms with Gasteiger partial charge in [0.15, 0.2) is 0 Å². The molecule has 0 saturated heterocycles. The van der Waals surface area contributed by atoms with Crippen LogP contribution in [0.1, 0.15) is 13.8 Å². The molecule has 0 saturated carbocycles. The summed E-state index contributed by atoms with van der Waals surface area (Å²) in [5.74, 6) is 1.80. The largest absolute Gasteiger partial charge is 1.00 e. The van der Waals surface area contributed by atoms with Crippen LogP contribution in [0.4, 0.5) is 0 Å². The van der Waals surface area contributed by atoms with E-state index in [9.17, 15) is 5.11 Å². The van der Waals surface area contributed by atoms with Crippen LogP contribution in [0.2, 0.25) is 0 Å². The summed E-state index contributed by atoms with van der Waals surface area (Å²) >= 11 is 0. The second kappa shape index (κ2) is 5.84. The third kappa shape index (κ3) is 15.9. The fourth-order valence-electron chi connectivity index (χ4n) is 0. The second-order valence-electron chi connectivity index (χ2n) is 1.64. The van der Waals surface area contributed by atoms with Gasteiger partial charge in [-0.25, -0.2) is 0 Å². The summed E-state index contributed by atoms with van der Waals surface area (Å²) in [4.78, 5) is 0. The molecule has 3 heteroatoms. The Morgan fingerprint density at radius 3 is 1.50 bits per heavy atom. The molecule has 0 aromatic rings. The van der Waals surface area contributed by atoms with Gasteiger partial charge in [0.1, 0.15) is 0 Å². The third-order valence-electron chi connectivity index (χ3n) is 0.301. The van der Waals surface area contributed by atoms with Gasteiger partial charge in [0.2, 0.25) is 0 Å². The molecule has 0 fully saturated rings. The second-order valence-corrected chi connectivity index (χ2v) is 1.64. The Morgan fingerprint density at radius 2 is 1.50 bits per heavy atom. The maximum atomic E-state index is 10.2. The van der Waals surface area contributed by atoms with Crippen LogP contribution >= 0.6 is 0 Å².